The summed E-state index contributed by atoms with van der Waals surface area (Å²) >= 11 is 3.71. The molecule has 3 aliphatic heterocycles. The van der Waals surface area contributed by atoms with Crippen LogP contribution in [-0.2, 0) is 32.1 Å². The largest absolute Gasteiger partial charge is 0.497 e. The molecule has 10 heteroatoms. The molecule has 3 unspecified atom stereocenters. The monoisotopic (exact) mass is 647 g/mol. The van der Waals surface area contributed by atoms with Crippen molar-refractivity contribution in [3.8, 4) is 5.75 Å². The van der Waals surface area contributed by atoms with Crippen LogP contribution >= 0.6 is 15.9 Å². The summed E-state index contributed by atoms with van der Waals surface area (Å²) in [5, 5.41) is 16.6. The lowest BCUT2D eigenvalue weighted by atomic mass is 9.70. The lowest BCUT2D eigenvalue weighted by Gasteiger charge is -2.37. The third-order valence-corrected chi connectivity index (χ3v) is 9.71. The number of benzene rings is 3. The van der Waals surface area contributed by atoms with Gasteiger partial charge in [0.2, 0.25) is 17.7 Å². The zero-order valence-electron chi connectivity index (χ0n) is 23.7. The molecule has 224 valence electrons. The Labute approximate surface area is 258 Å². The number of anilines is 1. The zero-order chi connectivity index (χ0) is 30.1. The predicted octanol–water partition coefficient (Wildman–Crippen LogP) is 3.30. The number of amides is 3. The summed E-state index contributed by atoms with van der Waals surface area (Å²) in [7, 11) is 1.56. The van der Waals surface area contributed by atoms with Crippen LogP contribution in [-0.4, -0.2) is 70.1 Å². The Hall–Kier alpha value is -3.73. The number of halogens is 1. The van der Waals surface area contributed by atoms with Gasteiger partial charge in [0, 0.05) is 17.1 Å². The van der Waals surface area contributed by atoms with Gasteiger partial charge in [-0.15, -0.1) is 0 Å². The molecular weight excluding hydrogens is 614 g/mol. The summed E-state index contributed by atoms with van der Waals surface area (Å²) in [4.78, 5) is 43.7. The first-order chi connectivity index (χ1) is 20.9. The minimum absolute atomic E-state index is 0.234. The summed E-state index contributed by atoms with van der Waals surface area (Å²) in [5.74, 6) is -2.12. The summed E-state index contributed by atoms with van der Waals surface area (Å²) in [5.41, 5.74) is 1.13. The third kappa shape index (κ3) is 5.32. The Morgan fingerprint density at radius 1 is 1.02 bits per heavy atom. The van der Waals surface area contributed by atoms with Crippen LogP contribution in [0.1, 0.15) is 17.5 Å². The minimum atomic E-state index is -1.24. The average molecular weight is 649 g/mol. The molecule has 3 aromatic rings. The van der Waals surface area contributed by atoms with E-state index in [0.29, 0.717) is 30.8 Å². The molecule has 0 saturated carbocycles. The van der Waals surface area contributed by atoms with Gasteiger partial charge in [-0.1, -0.05) is 76.6 Å². The van der Waals surface area contributed by atoms with E-state index in [1.54, 1.807) is 31.4 Å². The fourth-order valence-corrected chi connectivity index (χ4v) is 7.93. The zero-order valence-corrected chi connectivity index (χ0v) is 25.3. The SMILES string of the molecule is COc1ccc(NC(=O)C2N([C@@H](CO)Cc3ccccc3)C(=O)[C@@H]3[C@@H](C(=O)NCc4ccccc4)[C@@H]4OC23CC4Br)cc1. The van der Waals surface area contributed by atoms with E-state index in [4.69, 9.17) is 9.47 Å². The van der Waals surface area contributed by atoms with Gasteiger partial charge in [-0.25, -0.2) is 0 Å². The maximum atomic E-state index is 14.5. The van der Waals surface area contributed by atoms with Crippen LogP contribution in [0.5, 0.6) is 5.75 Å². The molecule has 3 saturated heterocycles. The second kappa shape index (κ2) is 12.1. The Kier molecular flexibility index (Phi) is 8.26. The topological polar surface area (TPSA) is 117 Å². The standard InChI is InChI=1S/C33H34BrN3O6/c1-42-24-14-12-22(13-15-24)36-31(40)29-33-17-25(34)28(43-33)26(30(39)35-18-21-10-6-3-7-11-21)27(33)32(41)37(29)23(19-38)16-20-8-4-2-5-9-20/h2-15,23,25-29,38H,16-19H2,1H3,(H,35,39)(H,36,40)/t23-,25?,26-,27+,28-,29?,33?/m1/s1. The fraction of sp³-hybridized carbons (Fsp3) is 0.364. The van der Waals surface area contributed by atoms with Gasteiger partial charge in [-0.3, -0.25) is 14.4 Å². The molecule has 3 aliphatic rings. The highest BCUT2D eigenvalue weighted by Crippen LogP contribution is 2.60. The van der Waals surface area contributed by atoms with E-state index in [1.807, 2.05) is 60.7 Å². The van der Waals surface area contributed by atoms with Gasteiger partial charge in [-0.05, 0) is 48.2 Å². The minimum Gasteiger partial charge on any atom is -0.497 e. The third-order valence-electron chi connectivity index (χ3n) is 8.86. The van der Waals surface area contributed by atoms with Crippen LogP contribution in [0, 0.1) is 11.8 Å². The van der Waals surface area contributed by atoms with E-state index in [1.165, 1.54) is 4.90 Å². The van der Waals surface area contributed by atoms with Crippen molar-refractivity contribution in [2.75, 3.05) is 19.0 Å². The van der Waals surface area contributed by atoms with Gasteiger partial charge in [0.15, 0.2) is 0 Å². The molecule has 9 nitrogen and oxygen atoms in total. The molecule has 3 fully saturated rings. The van der Waals surface area contributed by atoms with Gasteiger partial charge in [0.25, 0.3) is 0 Å². The Morgan fingerprint density at radius 2 is 1.67 bits per heavy atom. The number of rotatable bonds is 10. The number of nitrogens with one attached hydrogen (secondary N) is 2. The van der Waals surface area contributed by atoms with Crippen LogP contribution in [0.3, 0.4) is 0 Å². The lowest BCUT2D eigenvalue weighted by molar-refractivity contribution is -0.144. The number of ether oxygens (including phenoxy) is 2. The molecular formula is C33H34BrN3O6. The molecule has 3 N–H and O–H groups in total. The number of hydrogen-bond donors (Lipinski definition) is 3. The second-order valence-corrected chi connectivity index (χ2v) is 12.5. The fourth-order valence-electron chi connectivity index (χ4n) is 6.98. The molecule has 1 spiro atoms. The van der Waals surface area contributed by atoms with Gasteiger partial charge in [-0.2, -0.15) is 0 Å². The lowest BCUT2D eigenvalue weighted by Crippen LogP contribution is -2.57. The molecule has 0 radical (unpaired) electrons. The van der Waals surface area contributed by atoms with Crippen molar-refractivity contribution in [3.05, 3.63) is 96.1 Å². The van der Waals surface area contributed by atoms with Crippen LogP contribution in [0.2, 0.25) is 0 Å². The molecule has 6 rings (SSSR count). The van der Waals surface area contributed by atoms with Crippen LogP contribution < -0.4 is 15.4 Å². The number of hydrogen-bond acceptors (Lipinski definition) is 6. The van der Waals surface area contributed by atoms with Gasteiger partial charge < -0.3 is 30.1 Å². The first-order valence-electron chi connectivity index (χ1n) is 14.4. The smallest absolute Gasteiger partial charge is 0.250 e. The molecule has 3 heterocycles. The number of aliphatic hydroxyl groups is 1. The molecule has 0 aliphatic carbocycles. The highest BCUT2D eigenvalue weighted by Gasteiger charge is 2.77. The van der Waals surface area contributed by atoms with E-state index in [9.17, 15) is 19.5 Å². The van der Waals surface area contributed by atoms with Crippen LogP contribution in [0.25, 0.3) is 0 Å². The first-order valence-corrected chi connectivity index (χ1v) is 15.3. The number of fused-ring (bicyclic) bond motifs is 1. The Bertz CT molecular complexity index is 1470. The highest BCUT2D eigenvalue weighted by molar-refractivity contribution is 9.09. The normalized spacial score (nSPS) is 27.9. The number of carbonyl (C=O) groups is 3. The van der Waals surface area contributed by atoms with Gasteiger partial charge in [0.05, 0.1) is 37.7 Å². The van der Waals surface area contributed by atoms with Crippen molar-refractivity contribution in [3.63, 3.8) is 0 Å². The number of carbonyl (C=O) groups excluding carboxylic acids is 3. The summed E-state index contributed by atoms with van der Waals surface area (Å²) in [6.45, 7) is -0.0517. The second-order valence-electron chi connectivity index (χ2n) is 11.4. The van der Waals surface area contributed by atoms with Crippen LogP contribution in [0.4, 0.5) is 5.69 Å². The van der Waals surface area contributed by atoms with Crippen LogP contribution in [0.15, 0.2) is 84.9 Å². The first kappa shape index (κ1) is 29.3. The molecule has 0 aromatic heterocycles. The molecule has 3 amide bonds. The molecule has 2 bridgehead atoms. The number of methoxy groups -OCH3 is 1. The summed E-state index contributed by atoms with van der Waals surface area (Å²) in [6.07, 6.45) is 0.131. The quantitative estimate of drug-likeness (QED) is 0.291. The van der Waals surface area contributed by atoms with Crippen molar-refractivity contribution in [1.29, 1.82) is 0 Å². The van der Waals surface area contributed by atoms with E-state index >= 15 is 0 Å². The van der Waals surface area contributed by atoms with Crippen molar-refractivity contribution < 1.29 is 29.0 Å². The Balaban J connectivity index is 1.35. The van der Waals surface area contributed by atoms with E-state index in [2.05, 4.69) is 26.6 Å². The van der Waals surface area contributed by atoms with Crippen molar-refractivity contribution in [2.24, 2.45) is 11.8 Å². The number of aliphatic hydroxyl groups excluding tert-OH is 1. The van der Waals surface area contributed by atoms with E-state index < -0.39 is 41.5 Å². The Morgan fingerprint density at radius 3 is 2.30 bits per heavy atom. The predicted molar refractivity (Wildman–Crippen MR) is 163 cm³/mol. The van der Waals surface area contributed by atoms with E-state index in [-0.39, 0.29) is 23.2 Å². The highest BCUT2D eigenvalue weighted by atomic mass is 79.9. The summed E-state index contributed by atoms with van der Waals surface area (Å²) < 4.78 is 11.8. The number of nitrogens with zero attached hydrogens (tertiary/aromatic N) is 1. The van der Waals surface area contributed by atoms with Gasteiger partial charge in [0.1, 0.15) is 17.4 Å². The van der Waals surface area contributed by atoms with Crippen molar-refractivity contribution in [1.82, 2.24) is 10.2 Å². The van der Waals surface area contributed by atoms with Crippen molar-refractivity contribution >= 4 is 39.3 Å². The maximum Gasteiger partial charge on any atom is 0.250 e. The molecule has 3 aromatic carbocycles. The average Bonchev–Trinajstić information content (AvgIpc) is 3.63. The molecule has 43 heavy (non-hydrogen) atoms. The summed E-state index contributed by atoms with van der Waals surface area (Å²) in [6, 6.07) is 24.2. The molecule has 7 atom stereocenters. The number of likely N-dealkylation sites (tertiary alicyclic amines) is 1. The van der Waals surface area contributed by atoms with E-state index in [0.717, 1.165) is 11.1 Å². The number of alkyl halides is 1. The maximum absolute atomic E-state index is 14.5. The van der Waals surface area contributed by atoms with Gasteiger partial charge >= 0.3 is 0 Å². The van der Waals surface area contributed by atoms with Crippen molar-refractivity contribution in [2.45, 2.75) is 48.0 Å².